The van der Waals surface area contributed by atoms with Crippen LogP contribution in [-0.4, -0.2) is 48.3 Å². The van der Waals surface area contributed by atoms with Gasteiger partial charge in [0.15, 0.2) is 6.73 Å². The molecule has 0 fully saturated rings. The smallest absolute Gasteiger partial charge is 0.248 e. The largest absolute Gasteiger partial charge is 0.342 e. The van der Waals surface area contributed by atoms with E-state index >= 15 is 0 Å². The van der Waals surface area contributed by atoms with Crippen LogP contribution in [0.25, 0.3) is 0 Å². The first-order valence-electron chi connectivity index (χ1n) is 10.8. The first-order chi connectivity index (χ1) is 11.8. The zero-order valence-corrected chi connectivity index (χ0v) is 16.8. The van der Waals surface area contributed by atoms with E-state index in [1.54, 1.807) is 0 Å². The Hall–Kier alpha value is -0.570. The maximum atomic E-state index is 5.94. The van der Waals surface area contributed by atoms with Gasteiger partial charge in [-0.1, -0.05) is 71.6 Å². The van der Waals surface area contributed by atoms with E-state index in [2.05, 4.69) is 30.2 Å². The Labute approximate surface area is 151 Å². The lowest BCUT2D eigenvalue weighted by Crippen LogP contribution is -2.29. The van der Waals surface area contributed by atoms with Crippen molar-refractivity contribution in [3.63, 3.8) is 0 Å². The maximum Gasteiger partial charge on any atom is 0.248 e. The van der Waals surface area contributed by atoms with Crippen LogP contribution in [0.1, 0.15) is 97.8 Å². The predicted molar refractivity (Wildman–Crippen MR) is 105 cm³/mol. The minimum absolute atomic E-state index is 0.795. The van der Waals surface area contributed by atoms with Crippen LogP contribution >= 0.6 is 0 Å². The second-order valence-corrected chi connectivity index (χ2v) is 7.23. The molecular weight excluding hydrogens is 296 g/mol. The summed E-state index contributed by atoms with van der Waals surface area (Å²) in [6, 6.07) is 0. The minimum atomic E-state index is 0.795. The van der Waals surface area contributed by atoms with Gasteiger partial charge in [0, 0.05) is 6.42 Å². The summed E-state index contributed by atoms with van der Waals surface area (Å²) in [5, 5.41) is 0. The molecule has 1 rings (SSSR count). The fourth-order valence-electron chi connectivity index (χ4n) is 3.59. The van der Waals surface area contributed by atoms with E-state index in [9.17, 15) is 0 Å². The van der Waals surface area contributed by atoms with E-state index in [-0.39, 0.29) is 0 Å². The quantitative estimate of drug-likeness (QED) is 0.275. The van der Waals surface area contributed by atoms with Crippen molar-refractivity contribution in [1.82, 2.24) is 4.90 Å². The van der Waals surface area contributed by atoms with Crippen molar-refractivity contribution in [3.05, 3.63) is 0 Å². The molecule has 0 N–H and O–H groups in total. The highest BCUT2D eigenvalue weighted by atomic mass is 16.5. The Balaban J connectivity index is 1.97. The van der Waals surface area contributed by atoms with Crippen molar-refractivity contribution in [2.75, 3.05) is 33.0 Å². The van der Waals surface area contributed by atoms with Gasteiger partial charge >= 0.3 is 0 Å². The summed E-state index contributed by atoms with van der Waals surface area (Å²) in [7, 11) is 0. The topological polar surface area (TPSA) is 15.5 Å². The molecule has 1 heterocycles. The van der Waals surface area contributed by atoms with Gasteiger partial charge < -0.3 is 4.74 Å². The zero-order chi connectivity index (χ0) is 17.5. The highest BCUT2D eigenvalue weighted by Crippen LogP contribution is 2.11. The van der Waals surface area contributed by atoms with Gasteiger partial charge in [-0.05, 0) is 19.8 Å². The standard InChI is InChI=1S/C21H43N2O/c1-4-7-8-9-10-11-12-13-14-15-19-24-20-23-18-17-22(6-3)21(23)16-5-2/h4-20H2,1-3H3/q+1. The van der Waals surface area contributed by atoms with Gasteiger partial charge in [-0.2, -0.15) is 0 Å². The lowest BCUT2D eigenvalue weighted by Gasteiger charge is -2.10. The SMILES string of the molecule is CCCCCCCCCCCCOC[N+]1=C(CCC)N(CC)CC1. The zero-order valence-electron chi connectivity index (χ0n) is 16.8. The average Bonchev–Trinajstić information content (AvgIpc) is 2.98. The van der Waals surface area contributed by atoms with Gasteiger partial charge in [-0.15, -0.1) is 0 Å². The summed E-state index contributed by atoms with van der Waals surface area (Å²) >= 11 is 0. The van der Waals surface area contributed by atoms with Crippen LogP contribution in [0.2, 0.25) is 0 Å². The number of likely N-dealkylation sites (N-methyl/N-ethyl adjacent to an activating group) is 1. The van der Waals surface area contributed by atoms with Crippen LogP contribution < -0.4 is 0 Å². The highest BCUT2D eigenvalue weighted by molar-refractivity contribution is 5.78. The fraction of sp³-hybridized carbons (Fsp3) is 0.952. The summed E-state index contributed by atoms with van der Waals surface area (Å²) in [5.74, 6) is 1.50. The molecule has 24 heavy (non-hydrogen) atoms. The first kappa shape index (κ1) is 21.5. The van der Waals surface area contributed by atoms with Gasteiger partial charge in [0.1, 0.15) is 13.1 Å². The minimum Gasteiger partial charge on any atom is -0.342 e. The predicted octanol–water partition coefficient (Wildman–Crippen LogP) is 5.43. The third kappa shape index (κ3) is 9.05. The van der Waals surface area contributed by atoms with E-state index in [4.69, 9.17) is 4.74 Å². The van der Waals surface area contributed by atoms with Crippen LogP contribution in [0.3, 0.4) is 0 Å². The van der Waals surface area contributed by atoms with E-state index in [1.807, 2.05) is 0 Å². The molecule has 0 amide bonds. The molecule has 0 unspecified atom stereocenters. The Bertz CT molecular complexity index is 328. The third-order valence-electron chi connectivity index (χ3n) is 5.11. The summed E-state index contributed by atoms with van der Waals surface area (Å²) < 4.78 is 8.39. The number of hydrogen-bond acceptors (Lipinski definition) is 2. The summed E-state index contributed by atoms with van der Waals surface area (Å²) in [6.07, 6.45) is 16.3. The van der Waals surface area contributed by atoms with Crippen LogP contribution in [0.15, 0.2) is 0 Å². The molecule has 3 heteroatoms. The maximum absolute atomic E-state index is 5.94. The van der Waals surface area contributed by atoms with Crippen molar-refractivity contribution >= 4 is 5.84 Å². The lowest BCUT2D eigenvalue weighted by molar-refractivity contribution is -0.560. The normalized spacial score (nSPS) is 14.9. The molecule has 0 saturated carbocycles. The van der Waals surface area contributed by atoms with Gasteiger partial charge in [-0.25, -0.2) is 4.58 Å². The van der Waals surface area contributed by atoms with E-state index in [0.29, 0.717) is 0 Å². The van der Waals surface area contributed by atoms with Gasteiger partial charge in [-0.3, -0.25) is 4.90 Å². The number of rotatable bonds is 16. The molecule has 1 aliphatic heterocycles. The highest BCUT2D eigenvalue weighted by Gasteiger charge is 2.27. The number of unbranched alkanes of at least 4 members (excludes halogenated alkanes) is 9. The molecule has 142 valence electrons. The monoisotopic (exact) mass is 339 g/mol. The molecule has 0 aromatic rings. The van der Waals surface area contributed by atoms with Crippen molar-refractivity contribution in [2.45, 2.75) is 97.8 Å². The Morgan fingerprint density at radius 2 is 1.46 bits per heavy atom. The Morgan fingerprint density at radius 3 is 2.04 bits per heavy atom. The summed E-state index contributed by atoms with van der Waals surface area (Å²) in [4.78, 5) is 2.51. The molecule has 1 aliphatic rings. The van der Waals surface area contributed by atoms with Gasteiger partial charge in [0.2, 0.25) is 5.84 Å². The molecule has 3 nitrogen and oxygen atoms in total. The van der Waals surface area contributed by atoms with E-state index < -0.39 is 0 Å². The molecule has 0 aromatic heterocycles. The molecular formula is C21H43N2O+. The van der Waals surface area contributed by atoms with Gasteiger partial charge in [0.05, 0.1) is 13.2 Å². The van der Waals surface area contributed by atoms with Crippen LogP contribution in [-0.2, 0) is 4.74 Å². The number of amidine groups is 1. The van der Waals surface area contributed by atoms with Crippen molar-refractivity contribution in [2.24, 2.45) is 0 Å². The van der Waals surface area contributed by atoms with E-state index in [0.717, 1.165) is 26.4 Å². The van der Waals surface area contributed by atoms with Crippen LogP contribution in [0.5, 0.6) is 0 Å². The van der Waals surface area contributed by atoms with Crippen molar-refractivity contribution in [1.29, 1.82) is 0 Å². The van der Waals surface area contributed by atoms with Crippen LogP contribution in [0, 0.1) is 0 Å². The summed E-state index contributed by atoms with van der Waals surface area (Å²) in [5.41, 5.74) is 0. The second kappa shape index (κ2) is 14.7. The van der Waals surface area contributed by atoms with Crippen molar-refractivity contribution in [3.8, 4) is 0 Å². The number of nitrogens with zero attached hydrogens (tertiary/aromatic N) is 2. The molecule has 0 aliphatic carbocycles. The first-order valence-corrected chi connectivity index (χ1v) is 10.8. The number of ether oxygens (including phenoxy) is 1. The van der Waals surface area contributed by atoms with Crippen molar-refractivity contribution < 1.29 is 9.31 Å². The fourth-order valence-corrected chi connectivity index (χ4v) is 3.59. The Kier molecular flexibility index (Phi) is 13.2. The average molecular weight is 340 g/mol. The van der Waals surface area contributed by atoms with Crippen LogP contribution in [0.4, 0.5) is 0 Å². The second-order valence-electron chi connectivity index (χ2n) is 7.23. The number of hydrogen-bond donors (Lipinski definition) is 0. The molecule has 0 spiro atoms. The Morgan fingerprint density at radius 1 is 0.833 bits per heavy atom. The third-order valence-corrected chi connectivity index (χ3v) is 5.11. The lowest BCUT2D eigenvalue weighted by atomic mass is 10.1. The summed E-state index contributed by atoms with van der Waals surface area (Å²) in [6.45, 7) is 12.0. The van der Waals surface area contributed by atoms with Gasteiger partial charge in [0.25, 0.3) is 0 Å². The molecule has 0 atom stereocenters. The molecule has 0 saturated heterocycles. The molecule has 0 radical (unpaired) electrons. The molecule has 0 aromatic carbocycles. The van der Waals surface area contributed by atoms with E-state index in [1.165, 1.54) is 89.4 Å². The molecule has 0 bridgehead atoms.